The number of rotatable bonds is 7. The molecule has 2 N–H and O–H groups in total. The molecule has 1 aliphatic heterocycles. The summed E-state index contributed by atoms with van der Waals surface area (Å²) in [6.45, 7) is 4.90. The Morgan fingerprint density at radius 2 is 1.94 bits per heavy atom. The van der Waals surface area contributed by atoms with E-state index in [9.17, 15) is 9.18 Å². The van der Waals surface area contributed by atoms with Gasteiger partial charge < -0.3 is 19.9 Å². The Kier molecular flexibility index (Phi) is 6.21. The number of ketones is 1. The molecule has 180 valence electrons. The van der Waals surface area contributed by atoms with Gasteiger partial charge in [-0.1, -0.05) is 36.0 Å². The monoisotopic (exact) mass is 493 g/mol. The van der Waals surface area contributed by atoms with Gasteiger partial charge in [0.25, 0.3) is 0 Å². The number of ether oxygens (including phenoxy) is 2. The molecule has 0 spiro atoms. The van der Waals surface area contributed by atoms with Gasteiger partial charge in [-0.05, 0) is 44.2 Å². The first-order valence-corrected chi connectivity index (χ1v) is 12.1. The van der Waals surface area contributed by atoms with E-state index in [4.69, 9.17) is 15.3 Å². The third-order valence-corrected chi connectivity index (χ3v) is 6.85. The first-order valence-electron chi connectivity index (χ1n) is 11.1. The number of carbonyl (C=O) groups excluding carboxylic acids is 1. The number of nitrogens with two attached hydrogens (primary N) is 1. The molecular weight excluding hydrogens is 469 g/mol. The minimum Gasteiger partial charge on any atom is -0.486 e. The van der Waals surface area contributed by atoms with Crippen LogP contribution in [0.1, 0.15) is 21.7 Å². The Morgan fingerprint density at radius 3 is 2.74 bits per heavy atom. The fraction of sp³-hybridized carbons (Fsp3) is 0.240. The normalized spacial score (nSPS) is 14.8. The number of Topliss-reactive ketones (excluding diaryl/α,β-unsaturated/α-hetero) is 1. The summed E-state index contributed by atoms with van der Waals surface area (Å²) in [5.74, 6) is 7.61. The highest BCUT2D eigenvalue weighted by Crippen LogP contribution is 2.32. The molecule has 1 aliphatic rings. The Hall–Kier alpha value is -3.79. The van der Waals surface area contributed by atoms with Crippen molar-refractivity contribution < 1.29 is 18.7 Å². The summed E-state index contributed by atoms with van der Waals surface area (Å²) in [5, 5.41) is 8.50. The molecule has 8 nitrogen and oxygen atoms in total. The second kappa shape index (κ2) is 9.46. The number of aryl methyl sites for hydroxylation is 1. The molecule has 4 aromatic rings. The van der Waals surface area contributed by atoms with Gasteiger partial charge in [0.05, 0.1) is 12.3 Å². The molecule has 0 saturated carbocycles. The number of nitrogen functional groups attached to an aromatic ring is 1. The lowest BCUT2D eigenvalue weighted by atomic mass is 10.2. The van der Waals surface area contributed by atoms with Crippen molar-refractivity contribution in [3.05, 3.63) is 77.4 Å². The van der Waals surface area contributed by atoms with E-state index in [1.807, 2.05) is 44.2 Å². The lowest BCUT2D eigenvalue weighted by Crippen LogP contribution is -2.33. The van der Waals surface area contributed by atoms with Crippen LogP contribution in [0.4, 0.5) is 4.39 Å². The summed E-state index contributed by atoms with van der Waals surface area (Å²) < 4.78 is 28.8. The summed E-state index contributed by atoms with van der Waals surface area (Å²) in [7, 11) is 0. The average molecular weight is 494 g/mol. The maximum atomic E-state index is 13.6. The Labute approximate surface area is 205 Å². The quantitative estimate of drug-likeness (QED) is 0.236. The molecule has 2 aromatic heterocycles. The van der Waals surface area contributed by atoms with Crippen molar-refractivity contribution in [1.29, 1.82) is 0 Å². The van der Waals surface area contributed by atoms with Gasteiger partial charge in [0, 0.05) is 22.5 Å². The maximum absolute atomic E-state index is 13.6. The van der Waals surface area contributed by atoms with Crippen LogP contribution in [-0.4, -0.2) is 43.7 Å². The lowest BCUT2D eigenvalue weighted by Gasteiger charge is -2.27. The van der Waals surface area contributed by atoms with E-state index < -0.39 is 0 Å². The van der Waals surface area contributed by atoms with Gasteiger partial charge in [0.2, 0.25) is 5.16 Å². The van der Waals surface area contributed by atoms with Crippen LogP contribution in [0.5, 0.6) is 11.5 Å². The zero-order valence-electron chi connectivity index (χ0n) is 19.3. The number of nitrogens with zero attached hydrogens (tertiary/aromatic N) is 4. The highest BCUT2D eigenvalue weighted by atomic mass is 32.2. The third kappa shape index (κ3) is 4.61. The molecular formula is C25H24FN5O3S. The van der Waals surface area contributed by atoms with Crippen LogP contribution in [-0.2, 0) is 6.54 Å². The number of benzene rings is 2. The fourth-order valence-electron chi connectivity index (χ4n) is 4.13. The predicted octanol–water partition coefficient (Wildman–Crippen LogP) is 4.03. The number of carbonyl (C=O) groups is 1. The first-order chi connectivity index (χ1) is 16.9. The van der Waals surface area contributed by atoms with Crippen molar-refractivity contribution in [2.24, 2.45) is 0 Å². The molecule has 0 bridgehead atoms. The summed E-state index contributed by atoms with van der Waals surface area (Å²) in [4.78, 5) is 13.1. The van der Waals surface area contributed by atoms with E-state index in [1.54, 1.807) is 12.1 Å². The molecule has 1 atom stereocenters. The molecule has 10 heteroatoms. The Balaban J connectivity index is 1.26. The third-order valence-electron chi connectivity index (χ3n) is 5.91. The van der Waals surface area contributed by atoms with E-state index in [-0.39, 0.29) is 23.5 Å². The first kappa shape index (κ1) is 23.0. The zero-order valence-corrected chi connectivity index (χ0v) is 20.1. The number of fused-ring (bicyclic) bond motifs is 1. The SMILES string of the molecule is Cc1cc(C(=O)CSc2nnc(-c3cccc(F)c3)n2N)c(C)n1CC1COc2ccccc2O1. The second-order valence-corrected chi connectivity index (χ2v) is 9.23. The van der Waals surface area contributed by atoms with Crippen molar-refractivity contribution in [2.45, 2.75) is 31.7 Å². The van der Waals surface area contributed by atoms with E-state index in [1.165, 1.54) is 28.6 Å². The highest BCUT2D eigenvalue weighted by Gasteiger charge is 2.24. The predicted molar refractivity (Wildman–Crippen MR) is 131 cm³/mol. The van der Waals surface area contributed by atoms with E-state index in [0.717, 1.165) is 22.9 Å². The number of halogens is 1. The molecule has 2 aromatic carbocycles. The van der Waals surface area contributed by atoms with Crippen molar-refractivity contribution in [1.82, 2.24) is 19.4 Å². The van der Waals surface area contributed by atoms with Crippen molar-refractivity contribution in [3.8, 4) is 22.9 Å². The van der Waals surface area contributed by atoms with Crippen LogP contribution in [0.15, 0.2) is 59.8 Å². The van der Waals surface area contributed by atoms with E-state index in [0.29, 0.717) is 35.3 Å². The second-order valence-electron chi connectivity index (χ2n) is 8.29. The molecule has 0 saturated heterocycles. The molecule has 3 heterocycles. The molecule has 0 aliphatic carbocycles. The number of hydrogen-bond acceptors (Lipinski definition) is 7. The van der Waals surface area contributed by atoms with E-state index in [2.05, 4.69) is 14.8 Å². The minimum atomic E-state index is -0.389. The van der Waals surface area contributed by atoms with Gasteiger partial charge in [-0.15, -0.1) is 10.2 Å². The zero-order chi connectivity index (χ0) is 24.5. The van der Waals surface area contributed by atoms with Gasteiger partial charge in [0.15, 0.2) is 29.2 Å². The van der Waals surface area contributed by atoms with Crippen LogP contribution in [0.25, 0.3) is 11.4 Å². The van der Waals surface area contributed by atoms with Gasteiger partial charge in [-0.25, -0.2) is 9.07 Å². The summed E-state index contributed by atoms with van der Waals surface area (Å²) >= 11 is 1.19. The van der Waals surface area contributed by atoms with Gasteiger partial charge in [-0.2, -0.15) is 0 Å². The fourth-order valence-corrected chi connectivity index (χ4v) is 4.87. The molecule has 35 heavy (non-hydrogen) atoms. The number of para-hydroxylation sites is 2. The van der Waals surface area contributed by atoms with Crippen LogP contribution >= 0.6 is 11.8 Å². The lowest BCUT2D eigenvalue weighted by molar-refractivity contribution is 0.0777. The molecule has 1 unspecified atom stereocenters. The van der Waals surface area contributed by atoms with E-state index >= 15 is 0 Å². The van der Waals surface area contributed by atoms with Crippen LogP contribution < -0.4 is 15.3 Å². The highest BCUT2D eigenvalue weighted by molar-refractivity contribution is 7.99. The van der Waals surface area contributed by atoms with Crippen molar-refractivity contribution in [2.75, 3.05) is 18.2 Å². The van der Waals surface area contributed by atoms with Crippen LogP contribution in [0, 0.1) is 19.7 Å². The van der Waals surface area contributed by atoms with Gasteiger partial charge >= 0.3 is 0 Å². The summed E-state index contributed by atoms with van der Waals surface area (Å²) in [6.07, 6.45) is -0.163. The standard InChI is InChI=1S/C25H24FN5O3S/c1-15-10-20(16(2)30(15)12-19-13-33-22-8-3-4-9-23(22)34-19)21(32)14-35-25-29-28-24(31(25)27)17-6-5-7-18(26)11-17/h3-11,19H,12-14,27H2,1-2H3. The average Bonchev–Trinajstić information content (AvgIpc) is 3.36. The minimum absolute atomic E-state index is 0.0455. The van der Waals surface area contributed by atoms with Gasteiger partial charge in [0.1, 0.15) is 12.4 Å². The number of hydrogen-bond donors (Lipinski definition) is 1. The van der Waals surface area contributed by atoms with Gasteiger partial charge in [-0.3, -0.25) is 4.79 Å². The molecule has 0 radical (unpaired) electrons. The number of aromatic nitrogens is 4. The van der Waals surface area contributed by atoms with Crippen LogP contribution in [0.2, 0.25) is 0 Å². The van der Waals surface area contributed by atoms with Crippen molar-refractivity contribution >= 4 is 17.5 Å². The molecule has 5 rings (SSSR count). The largest absolute Gasteiger partial charge is 0.486 e. The topological polar surface area (TPSA) is 97.2 Å². The maximum Gasteiger partial charge on any atom is 0.210 e. The Morgan fingerprint density at radius 1 is 1.14 bits per heavy atom. The van der Waals surface area contributed by atoms with Crippen molar-refractivity contribution in [3.63, 3.8) is 0 Å². The smallest absolute Gasteiger partial charge is 0.210 e. The van der Waals surface area contributed by atoms with Crippen LogP contribution in [0.3, 0.4) is 0 Å². The Bertz CT molecular complexity index is 1400. The summed E-state index contributed by atoms with van der Waals surface area (Å²) in [6, 6.07) is 15.4. The number of thioether (sulfide) groups is 1. The molecule has 0 fully saturated rings. The molecule has 0 amide bonds. The summed E-state index contributed by atoms with van der Waals surface area (Å²) in [5.41, 5.74) is 2.98.